The van der Waals surface area contributed by atoms with Gasteiger partial charge in [-0.2, -0.15) is 13.2 Å². The first kappa shape index (κ1) is 19.4. The molecule has 0 aliphatic carbocycles. The van der Waals surface area contributed by atoms with Gasteiger partial charge in [-0.1, -0.05) is 30.3 Å². The Kier molecular flexibility index (Phi) is 5.97. The Bertz CT molecular complexity index is 805. The van der Waals surface area contributed by atoms with Crippen LogP contribution in [0.2, 0.25) is 0 Å². The first-order valence-electron chi connectivity index (χ1n) is 7.58. The van der Waals surface area contributed by atoms with Crippen LogP contribution in [0.15, 0.2) is 48.5 Å². The van der Waals surface area contributed by atoms with Crippen LogP contribution in [0.5, 0.6) is 0 Å². The largest absolute Gasteiger partial charge is 0.480 e. The molecule has 138 valence electrons. The summed E-state index contributed by atoms with van der Waals surface area (Å²) in [5, 5.41) is 11.5. The topological polar surface area (TPSA) is 66.4 Å². The van der Waals surface area contributed by atoms with Crippen molar-refractivity contribution >= 4 is 11.9 Å². The van der Waals surface area contributed by atoms with Crippen LogP contribution < -0.4 is 5.32 Å². The van der Waals surface area contributed by atoms with Gasteiger partial charge in [-0.25, -0.2) is 9.18 Å². The SMILES string of the molecule is O=C(Cc1cccc(F)c1)N[C@@H](Cc1cccc(C(F)(F)F)c1)C(=O)O. The number of carboxylic acids is 1. The van der Waals surface area contributed by atoms with Crippen molar-refractivity contribution in [3.05, 3.63) is 71.0 Å². The second-order valence-corrected chi connectivity index (χ2v) is 5.67. The molecule has 2 aromatic rings. The molecule has 0 aliphatic heterocycles. The zero-order valence-electron chi connectivity index (χ0n) is 13.4. The second-order valence-electron chi connectivity index (χ2n) is 5.67. The Balaban J connectivity index is 2.07. The summed E-state index contributed by atoms with van der Waals surface area (Å²) in [6.45, 7) is 0. The lowest BCUT2D eigenvalue weighted by Crippen LogP contribution is -2.43. The van der Waals surface area contributed by atoms with E-state index in [1.165, 1.54) is 30.3 Å². The lowest BCUT2D eigenvalue weighted by molar-refractivity contribution is -0.141. The quantitative estimate of drug-likeness (QED) is 0.769. The number of rotatable bonds is 6. The van der Waals surface area contributed by atoms with Crippen molar-refractivity contribution < 1.29 is 32.3 Å². The molecule has 0 unspecified atom stereocenters. The number of carbonyl (C=O) groups excluding carboxylic acids is 1. The van der Waals surface area contributed by atoms with E-state index in [-0.39, 0.29) is 18.4 Å². The van der Waals surface area contributed by atoms with Crippen LogP contribution in [0.25, 0.3) is 0 Å². The van der Waals surface area contributed by atoms with E-state index in [1.807, 2.05) is 0 Å². The monoisotopic (exact) mass is 369 g/mol. The lowest BCUT2D eigenvalue weighted by atomic mass is 10.0. The molecule has 2 aromatic carbocycles. The normalized spacial score (nSPS) is 12.5. The predicted octanol–water partition coefficient (Wildman–Crippen LogP) is 3.20. The molecule has 4 nitrogen and oxygen atoms in total. The molecular weight excluding hydrogens is 354 g/mol. The van der Waals surface area contributed by atoms with E-state index in [1.54, 1.807) is 0 Å². The third-order valence-electron chi connectivity index (χ3n) is 3.58. The number of aliphatic carboxylic acids is 1. The molecule has 2 rings (SSSR count). The number of halogens is 4. The molecule has 26 heavy (non-hydrogen) atoms. The van der Waals surface area contributed by atoms with Crippen LogP contribution in [0.4, 0.5) is 17.6 Å². The van der Waals surface area contributed by atoms with Crippen LogP contribution in [0.1, 0.15) is 16.7 Å². The van der Waals surface area contributed by atoms with Crippen LogP contribution in [-0.2, 0) is 28.6 Å². The molecule has 0 saturated carbocycles. The van der Waals surface area contributed by atoms with Crippen LogP contribution >= 0.6 is 0 Å². The average molecular weight is 369 g/mol. The number of carbonyl (C=O) groups is 2. The van der Waals surface area contributed by atoms with Crippen molar-refractivity contribution in [2.75, 3.05) is 0 Å². The summed E-state index contributed by atoms with van der Waals surface area (Å²) < 4.78 is 51.3. The van der Waals surface area contributed by atoms with Crippen molar-refractivity contribution in [2.24, 2.45) is 0 Å². The molecule has 0 fully saturated rings. The first-order chi connectivity index (χ1) is 12.1. The molecular formula is C18H15F4NO3. The molecule has 2 N–H and O–H groups in total. The summed E-state index contributed by atoms with van der Waals surface area (Å²) in [5.41, 5.74) is -0.422. The fourth-order valence-corrected chi connectivity index (χ4v) is 2.39. The second kappa shape index (κ2) is 7.99. The molecule has 1 atom stereocenters. The molecule has 0 spiro atoms. The van der Waals surface area contributed by atoms with Crippen molar-refractivity contribution in [3.63, 3.8) is 0 Å². The molecule has 8 heteroatoms. The van der Waals surface area contributed by atoms with Gasteiger partial charge in [-0.15, -0.1) is 0 Å². The van der Waals surface area contributed by atoms with E-state index in [0.717, 1.165) is 18.2 Å². The standard InChI is InChI=1S/C18H15F4NO3/c19-14-6-2-4-12(8-14)10-16(24)23-15(17(25)26)9-11-3-1-5-13(7-11)18(20,21)22/h1-8,15H,9-10H2,(H,23,24)(H,25,26)/t15-/m0/s1. The summed E-state index contributed by atoms with van der Waals surface area (Å²) in [5.74, 6) is -2.58. The van der Waals surface area contributed by atoms with Crippen molar-refractivity contribution in [1.82, 2.24) is 5.32 Å². The Morgan fingerprint density at radius 1 is 1.04 bits per heavy atom. The maximum absolute atomic E-state index is 13.1. The van der Waals surface area contributed by atoms with Gasteiger partial charge in [0.1, 0.15) is 11.9 Å². The smallest absolute Gasteiger partial charge is 0.416 e. The number of hydrogen-bond acceptors (Lipinski definition) is 2. The molecule has 0 radical (unpaired) electrons. The molecule has 0 aromatic heterocycles. The van der Waals surface area contributed by atoms with E-state index in [0.29, 0.717) is 5.56 Å². The van der Waals surface area contributed by atoms with Crippen molar-refractivity contribution in [1.29, 1.82) is 0 Å². The van der Waals surface area contributed by atoms with Gasteiger partial charge >= 0.3 is 12.1 Å². The zero-order valence-corrected chi connectivity index (χ0v) is 13.4. The van der Waals surface area contributed by atoms with Gasteiger partial charge in [0.05, 0.1) is 12.0 Å². The molecule has 0 bridgehead atoms. The molecule has 0 saturated heterocycles. The number of alkyl halides is 3. The third-order valence-corrected chi connectivity index (χ3v) is 3.58. The van der Waals surface area contributed by atoms with E-state index < -0.39 is 35.5 Å². The van der Waals surface area contributed by atoms with Crippen LogP contribution in [0, 0.1) is 5.82 Å². The van der Waals surface area contributed by atoms with Gasteiger partial charge < -0.3 is 10.4 Å². The van der Waals surface area contributed by atoms with Crippen molar-refractivity contribution in [3.8, 4) is 0 Å². The maximum atomic E-state index is 13.1. The van der Waals surface area contributed by atoms with Gasteiger partial charge in [0, 0.05) is 6.42 Å². The summed E-state index contributed by atoms with van der Waals surface area (Å²) in [7, 11) is 0. The molecule has 0 aliphatic rings. The molecule has 1 amide bonds. The van der Waals surface area contributed by atoms with E-state index in [2.05, 4.69) is 5.32 Å². The van der Waals surface area contributed by atoms with E-state index >= 15 is 0 Å². The summed E-state index contributed by atoms with van der Waals surface area (Å²) in [4.78, 5) is 23.3. The number of hydrogen-bond donors (Lipinski definition) is 2. The fraction of sp³-hybridized carbons (Fsp3) is 0.222. The van der Waals surface area contributed by atoms with Gasteiger partial charge in [-0.3, -0.25) is 4.79 Å². The highest BCUT2D eigenvalue weighted by molar-refractivity contribution is 5.85. The van der Waals surface area contributed by atoms with Gasteiger partial charge in [0.25, 0.3) is 0 Å². The predicted molar refractivity (Wildman–Crippen MR) is 84.8 cm³/mol. The Labute approximate surface area is 146 Å². The summed E-state index contributed by atoms with van der Waals surface area (Å²) in [6.07, 6.45) is -5.10. The Morgan fingerprint density at radius 3 is 2.31 bits per heavy atom. The fourth-order valence-electron chi connectivity index (χ4n) is 2.39. The Morgan fingerprint density at radius 2 is 1.69 bits per heavy atom. The lowest BCUT2D eigenvalue weighted by Gasteiger charge is -2.16. The number of benzene rings is 2. The molecule has 0 heterocycles. The average Bonchev–Trinajstić information content (AvgIpc) is 2.53. The maximum Gasteiger partial charge on any atom is 0.416 e. The summed E-state index contributed by atoms with van der Waals surface area (Å²) in [6, 6.07) is 8.10. The van der Waals surface area contributed by atoms with Gasteiger partial charge in [0.2, 0.25) is 5.91 Å². The minimum Gasteiger partial charge on any atom is -0.480 e. The number of amides is 1. The van der Waals surface area contributed by atoms with Crippen LogP contribution in [-0.4, -0.2) is 23.0 Å². The van der Waals surface area contributed by atoms with Gasteiger partial charge in [-0.05, 0) is 29.3 Å². The van der Waals surface area contributed by atoms with Crippen molar-refractivity contribution in [2.45, 2.75) is 25.1 Å². The third kappa shape index (κ3) is 5.58. The number of nitrogens with one attached hydrogen (secondary N) is 1. The Hall–Kier alpha value is -2.90. The minimum absolute atomic E-state index is 0.123. The summed E-state index contributed by atoms with van der Waals surface area (Å²) >= 11 is 0. The zero-order chi connectivity index (χ0) is 19.3. The number of carboxylic acid groups (broad SMARTS) is 1. The highest BCUT2D eigenvalue weighted by atomic mass is 19.4. The minimum atomic E-state index is -4.55. The highest BCUT2D eigenvalue weighted by Gasteiger charge is 2.31. The van der Waals surface area contributed by atoms with E-state index in [9.17, 15) is 32.3 Å². The van der Waals surface area contributed by atoms with E-state index in [4.69, 9.17) is 0 Å². The first-order valence-corrected chi connectivity index (χ1v) is 7.58. The van der Waals surface area contributed by atoms with Crippen LogP contribution in [0.3, 0.4) is 0 Å². The van der Waals surface area contributed by atoms with Gasteiger partial charge in [0.15, 0.2) is 0 Å². The highest BCUT2D eigenvalue weighted by Crippen LogP contribution is 2.29.